The number of pyridine rings is 1. The Morgan fingerprint density at radius 2 is 1.96 bits per heavy atom. The van der Waals surface area contributed by atoms with Crippen LogP contribution in [0.2, 0.25) is 5.02 Å². The average molecular weight is 345 g/mol. The number of hydrogen-bond donors (Lipinski definition) is 1. The lowest BCUT2D eigenvalue weighted by atomic mass is 10.2. The molecule has 0 unspecified atom stereocenters. The lowest BCUT2D eigenvalue weighted by Gasteiger charge is -2.11. The Kier molecular flexibility index (Phi) is 4.79. The van der Waals surface area contributed by atoms with Crippen molar-refractivity contribution < 1.29 is 18.0 Å². The highest BCUT2D eigenvalue weighted by Crippen LogP contribution is 2.28. The molecule has 0 spiro atoms. The van der Waals surface area contributed by atoms with Crippen LogP contribution >= 0.6 is 11.6 Å². The van der Waals surface area contributed by atoms with Gasteiger partial charge in [-0.2, -0.15) is 13.2 Å². The zero-order valence-corrected chi connectivity index (χ0v) is 12.7. The minimum absolute atomic E-state index is 0.394. The van der Waals surface area contributed by atoms with Crippen LogP contribution in [0.1, 0.15) is 11.1 Å². The van der Waals surface area contributed by atoms with Crippen molar-refractivity contribution in [2.24, 2.45) is 0 Å². The molecule has 0 aliphatic rings. The van der Waals surface area contributed by atoms with Crippen molar-refractivity contribution in [2.75, 3.05) is 5.32 Å². The molecule has 1 aromatic carbocycles. The highest BCUT2D eigenvalue weighted by molar-refractivity contribution is 6.31. The maximum Gasteiger partial charge on any atom is 0.417 e. The van der Waals surface area contributed by atoms with Gasteiger partial charge < -0.3 is 9.88 Å². The van der Waals surface area contributed by atoms with E-state index in [4.69, 9.17) is 11.6 Å². The van der Waals surface area contributed by atoms with Crippen LogP contribution < -0.4 is 10.9 Å². The van der Waals surface area contributed by atoms with Gasteiger partial charge in [-0.05, 0) is 30.7 Å². The molecule has 0 fully saturated rings. The van der Waals surface area contributed by atoms with Crippen LogP contribution in [0.4, 0.5) is 18.9 Å². The molecule has 1 N–H and O–H groups in total. The number of nitrogens with one attached hydrogen (secondary N) is 1. The highest BCUT2D eigenvalue weighted by Gasteiger charge is 2.31. The summed E-state index contributed by atoms with van der Waals surface area (Å²) in [6.07, 6.45) is -3.97. The molecule has 23 heavy (non-hydrogen) atoms. The fourth-order valence-corrected chi connectivity index (χ4v) is 2.03. The van der Waals surface area contributed by atoms with E-state index < -0.39 is 29.8 Å². The quantitative estimate of drug-likeness (QED) is 0.927. The SMILES string of the molecule is Cc1ccc(NC(=O)Cn2cc(C(F)(F)F)ccc2=O)cc1Cl. The molecular formula is C15H12ClF3N2O2. The molecule has 4 nitrogen and oxygen atoms in total. The average Bonchev–Trinajstić information content (AvgIpc) is 2.44. The number of aromatic nitrogens is 1. The van der Waals surface area contributed by atoms with Crippen LogP contribution in [-0.4, -0.2) is 10.5 Å². The molecular weight excluding hydrogens is 333 g/mol. The van der Waals surface area contributed by atoms with Gasteiger partial charge >= 0.3 is 6.18 Å². The zero-order chi connectivity index (χ0) is 17.2. The summed E-state index contributed by atoms with van der Waals surface area (Å²) in [5, 5.41) is 2.92. The molecule has 2 rings (SSSR count). The van der Waals surface area contributed by atoms with E-state index in [0.29, 0.717) is 27.5 Å². The monoisotopic (exact) mass is 344 g/mol. The normalized spacial score (nSPS) is 11.3. The van der Waals surface area contributed by atoms with Gasteiger partial charge in [0.05, 0.1) is 5.56 Å². The summed E-state index contributed by atoms with van der Waals surface area (Å²) < 4.78 is 38.6. The van der Waals surface area contributed by atoms with Gasteiger partial charge in [0.1, 0.15) is 6.54 Å². The first kappa shape index (κ1) is 17.1. The summed E-state index contributed by atoms with van der Waals surface area (Å²) >= 11 is 5.92. The Balaban J connectivity index is 2.17. The number of hydrogen-bond acceptors (Lipinski definition) is 2. The number of nitrogens with zero attached hydrogens (tertiary/aromatic N) is 1. The second kappa shape index (κ2) is 6.45. The van der Waals surface area contributed by atoms with Crippen LogP contribution in [-0.2, 0) is 17.5 Å². The van der Waals surface area contributed by atoms with Gasteiger partial charge in [0.2, 0.25) is 5.91 Å². The molecule has 122 valence electrons. The summed E-state index contributed by atoms with van der Waals surface area (Å²) in [5.74, 6) is -0.633. The molecule has 0 aliphatic carbocycles. The molecule has 0 bridgehead atoms. The fourth-order valence-electron chi connectivity index (χ4n) is 1.85. The Morgan fingerprint density at radius 3 is 2.57 bits per heavy atom. The third-order valence-electron chi connectivity index (χ3n) is 3.08. The van der Waals surface area contributed by atoms with E-state index in [0.717, 1.165) is 11.6 Å². The second-order valence-electron chi connectivity index (χ2n) is 4.89. The molecule has 0 saturated carbocycles. The van der Waals surface area contributed by atoms with E-state index in [1.807, 2.05) is 0 Å². The zero-order valence-electron chi connectivity index (χ0n) is 11.9. The maximum atomic E-state index is 12.6. The molecule has 8 heteroatoms. The minimum atomic E-state index is -4.59. The summed E-state index contributed by atoms with van der Waals surface area (Å²) in [6.45, 7) is 1.25. The number of rotatable bonds is 3. The summed E-state index contributed by atoms with van der Waals surface area (Å²) in [6, 6.07) is 6.27. The van der Waals surface area contributed by atoms with Crippen LogP contribution in [0.25, 0.3) is 0 Å². The Morgan fingerprint density at radius 1 is 1.26 bits per heavy atom. The summed E-state index contributed by atoms with van der Waals surface area (Å²) in [4.78, 5) is 23.5. The predicted molar refractivity (Wildman–Crippen MR) is 80.5 cm³/mol. The first-order valence-corrected chi connectivity index (χ1v) is 6.88. The van der Waals surface area contributed by atoms with Crippen LogP contribution in [0.3, 0.4) is 0 Å². The third kappa shape index (κ3) is 4.35. The van der Waals surface area contributed by atoms with Gasteiger partial charge in [0.15, 0.2) is 0 Å². The topological polar surface area (TPSA) is 51.1 Å². The number of halogens is 4. The van der Waals surface area contributed by atoms with Crippen molar-refractivity contribution in [3.8, 4) is 0 Å². The van der Waals surface area contributed by atoms with Gasteiger partial charge in [0.25, 0.3) is 5.56 Å². The van der Waals surface area contributed by atoms with E-state index >= 15 is 0 Å². The molecule has 0 atom stereocenters. The lowest BCUT2D eigenvalue weighted by molar-refractivity contribution is -0.138. The molecule has 1 heterocycles. The smallest absolute Gasteiger partial charge is 0.324 e. The Hall–Kier alpha value is -2.28. The van der Waals surface area contributed by atoms with Crippen molar-refractivity contribution in [1.82, 2.24) is 4.57 Å². The van der Waals surface area contributed by atoms with E-state index in [1.54, 1.807) is 19.1 Å². The largest absolute Gasteiger partial charge is 0.417 e. The van der Waals surface area contributed by atoms with Crippen molar-refractivity contribution in [2.45, 2.75) is 19.6 Å². The molecule has 1 aromatic heterocycles. The molecule has 2 aromatic rings. The number of benzene rings is 1. The molecule has 0 radical (unpaired) electrons. The number of alkyl halides is 3. The van der Waals surface area contributed by atoms with Crippen molar-refractivity contribution in [3.63, 3.8) is 0 Å². The van der Waals surface area contributed by atoms with Crippen molar-refractivity contribution >= 4 is 23.2 Å². The number of carbonyl (C=O) groups excluding carboxylic acids is 1. The molecule has 0 saturated heterocycles. The van der Waals surface area contributed by atoms with Crippen molar-refractivity contribution in [1.29, 1.82) is 0 Å². The van der Waals surface area contributed by atoms with Gasteiger partial charge in [-0.25, -0.2) is 0 Å². The summed E-state index contributed by atoms with van der Waals surface area (Å²) in [5.41, 5.74) is -0.484. The lowest BCUT2D eigenvalue weighted by Crippen LogP contribution is -2.28. The number of amides is 1. The first-order chi connectivity index (χ1) is 10.7. The van der Waals surface area contributed by atoms with Gasteiger partial charge in [-0.1, -0.05) is 17.7 Å². The fraction of sp³-hybridized carbons (Fsp3) is 0.200. The summed E-state index contributed by atoms with van der Waals surface area (Å²) in [7, 11) is 0. The standard InChI is InChI=1S/C15H12ClF3N2O2/c1-9-2-4-11(6-12(9)16)20-13(22)8-21-7-10(15(17,18)19)3-5-14(21)23/h2-7H,8H2,1H3,(H,20,22). The number of aryl methyl sites for hydroxylation is 1. The second-order valence-corrected chi connectivity index (χ2v) is 5.30. The van der Waals surface area contributed by atoms with Crippen LogP contribution in [0.5, 0.6) is 0 Å². The van der Waals surface area contributed by atoms with Crippen molar-refractivity contribution in [3.05, 3.63) is 63.0 Å². The third-order valence-corrected chi connectivity index (χ3v) is 3.49. The Labute approximate surface area is 134 Å². The maximum absolute atomic E-state index is 12.6. The van der Waals surface area contributed by atoms with Crippen LogP contribution in [0, 0.1) is 6.92 Å². The van der Waals surface area contributed by atoms with Gasteiger partial charge in [-0.3, -0.25) is 9.59 Å². The van der Waals surface area contributed by atoms with E-state index in [2.05, 4.69) is 5.32 Å². The molecule has 1 amide bonds. The van der Waals surface area contributed by atoms with E-state index in [1.165, 1.54) is 6.07 Å². The first-order valence-electron chi connectivity index (χ1n) is 6.50. The van der Waals surface area contributed by atoms with Crippen LogP contribution in [0.15, 0.2) is 41.3 Å². The van der Waals surface area contributed by atoms with Gasteiger partial charge in [0, 0.05) is 23.0 Å². The molecule has 0 aliphatic heterocycles. The predicted octanol–water partition coefficient (Wildman–Crippen LogP) is 3.47. The highest BCUT2D eigenvalue weighted by atomic mass is 35.5. The number of anilines is 1. The van der Waals surface area contributed by atoms with E-state index in [9.17, 15) is 22.8 Å². The minimum Gasteiger partial charge on any atom is -0.324 e. The van der Waals surface area contributed by atoms with Gasteiger partial charge in [-0.15, -0.1) is 0 Å². The van der Waals surface area contributed by atoms with E-state index in [-0.39, 0.29) is 0 Å². The Bertz CT molecular complexity index is 800. The number of carbonyl (C=O) groups is 1.